The summed E-state index contributed by atoms with van der Waals surface area (Å²) < 4.78 is 4.87. The zero-order valence-electron chi connectivity index (χ0n) is 12.5. The van der Waals surface area contributed by atoms with Gasteiger partial charge in [0.1, 0.15) is 5.76 Å². The van der Waals surface area contributed by atoms with Gasteiger partial charge >= 0.3 is 0 Å². The van der Waals surface area contributed by atoms with E-state index in [0.717, 1.165) is 19.3 Å². The maximum absolute atomic E-state index is 12.4. The number of nitrogens with one attached hydrogen (secondary N) is 1. The second kappa shape index (κ2) is 6.71. The van der Waals surface area contributed by atoms with Gasteiger partial charge in [0.2, 0.25) is 11.8 Å². The lowest BCUT2D eigenvalue weighted by Gasteiger charge is -2.23. The van der Waals surface area contributed by atoms with Crippen LogP contribution in [0.2, 0.25) is 0 Å². The Labute approximate surface area is 123 Å². The maximum atomic E-state index is 12.4. The van der Waals surface area contributed by atoms with Gasteiger partial charge in [-0.15, -0.1) is 0 Å². The second-order valence-corrected chi connectivity index (χ2v) is 5.60. The molecule has 0 aliphatic heterocycles. The molecular formula is C14H22N4O3. The third kappa shape index (κ3) is 3.81. The highest BCUT2D eigenvalue weighted by molar-refractivity contribution is 5.94. The van der Waals surface area contributed by atoms with Gasteiger partial charge in [-0.3, -0.25) is 9.59 Å². The van der Waals surface area contributed by atoms with Crippen LogP contribution >= 0.6 is 0 Å². The molecule has 1 aromatic heterocycles. The van der Waals surface area contributed by atoms with E-state index in [1.54, 1.807) is 20.0 Å². The molecule has 1 aliphatic rings. The predicted molar refractivity (Wildman–Crippen MR) is 77.4 cm³/mol. The summed E-state index contributed by atoms with van der Waals surface area (Å²) in [5.74, 6) is 0.865. The Balaban J connectivity index is 1.86. The fraction of sp³-hybridized carbons (Fsp3) is 0.643. The molecule has 2 amide bonds. The fourth-order valence-corrected chi connectivity index (χ4v) is 2.83. The van der Waals surface area contributed by atoms with E-state index in [-0.39, 0.29) is 30.2 Å². The van der Waals surface area contributed by atoms with Crippen LogP contribution in [0.4, 0.5) is 5.82 Å². The van der Waals surface area contributed by atoms with Gasteiger partial charge in [-0.2, -0.15) is 0 Å². The first-order valence-corrected chi connectivity index (χ1v) is 7.19. The molecule has 116 valence electrons. The number of aromatic nitrogens is 1. The number of hydrogen-bond acceptors (Lipinski definition) is 5. The minimum absolute atomic E-state index is 0.00146. The summed E-state index contributed by atoms with van der Waals surface area (Å²) in [6, 6.07) is 1.63. The van der Waals surface area contributed by atoms with Crippen molar-refractivity contribution in [2.45, 2.75) is 26.2 Å². The molecule has 2 unspecified atom stereocenters. The van der Waals surface area contributed by atoms with E-state index in [0.29, 0.717) is 18.1 Å². The summed E-state index contributed by atoms with van der Waals surface area (Å²) in [5.41, 5.74) is 5.70. The van der Waals surface area contributed by atoms with Crippen molar-refractivity contribution >= 4 is 17.6 Å². The molecule has 2 rings (SSSR count). The van der Waals surface area contributed by atoms with E-state index in [1.165, 1.54) is 4.90 Å². The molecule has 1 aromatic rings. The molecule has 0 aromatic carbocycles. The molecule has 1 heterocycles. The largest absolute Gasteiger partial charge is 0.360 e. The van der Waals surface area contributed by atoms with Gasteiger partial charge < -0.3 is 20.5 Å². The Hall–Kier alpha value is -1.89. The minimum atomic E-state index is -0.290. The van der Waals surface area contributed by atoms with Crippen LogP contribution < -0.4 is 11.1 Å². The molecule has 0 spiro atoms. The predicted octanol–water partition coefficient (Wildman–Crippen LogP) is 0.755. The lowest BCUT2D eigenvalue weighted by Crippen LogP contribution is -2.40. The van der Waals surface area contributed by atoms with Crippen LogP contribution in [0, 0.1) is 18.8 Å². The van der Waals surface area contributed by atoms with Gasteiger partial charge in [0.25, 0.3) is 0 Å². The van der Waals surface area contributed by atoms with Crippen molar-refractivity contribution in [3.63, 3.8) is 0 Å². The van der Waals surface area contributed by atoms with Gasteiger partial charge in [-0.1, -0.05) is 11.6 Å². The first kappa shape index (κ1) is 15.5. The third-order valence-electron chi connectivity index (χ3n) is 3.93. The number of carbonyl (C=O) groups is 2. The summed E-state index contributed by atoms with van der Waals surface area (Å²) in [4.78, 5) is 25.7. The number of nitrogens with two attached hydrogens (primary N) is 1. The highest BCUT2D eigenvalue weighted by Crippen LogP contribution is 2.32. The third-order valence-corrected chi connectivity index (χ3v) is 3.93. The van der Waals surface area contributed by atoms with Crippen molar-refractivity contribution in [1.29, 1.82) is 0 Å². The maximum Gasteiger partial charge on any atom is 0.245 e. The van der Waals surface area contributed by atoms with Crippen LogP contribution in [0.3, 0.4) is 0 Å². The number of nitrogens with zero attached hydrogens (tertiary/aromatic N) is 2. The van der Waals surface area contributed by atoms with Crippen LogP contribution in [0.1, 0.15) is 25.0 Å². The molecule has 0 saturated heterocycles. The van der Waals surface area contributed by atoms with Gasteiger partial charge in [0.15, 0.2) is 5.82 Å². The lowest BCUT2D eigenvalue weighted by atomic mass is 9.95. The average molecular weight is 294 g/mol. The Morgan fingerprint density at radius 1 is 1.52 bits per heavy atom. The molecule has 1 fully saturated rings. The van der Waals surface area contributed by atoms with E-state index < -0.39 is 0 Å². The lowest BCUT2D eigenvalue weighted by molar-refractivity contribution is -0.137. The molecular weight excluding hydrogens is 272 g/mol. The molecule has 3 N–H and O–H groups in total. The first-order chi connectivity index (χ1) is 10.0. The number of likely N-dealkylation sites (N-methyl/N-ethyl adjacent to an activating group) is 1. The Bertz CT molecular complexity index is 514. The number of carbonyl (C=O) groups excluding carboxylic acids is 2. The smallest absolute Gasteiger partial charge is 0.245 e. The Kier molecular flexibility index (Phi) is 4.95. The van der Waals surface area contributed by atoms with Crippen molar-refractivity contribution in [2.75, 3.05) is 25.5 Å². The minimum Gasteiger partial charge on any atom is -0.360 e. The molecule has 1 aliphatic carbocycles. The molecule has 2 atom stereocenters. The summed E-state index contributed by atoms with van der Waals surface area (Å²) >= 11 is 0. The van der Waals surface area contributed by atoms with Crippen LogP contribution in [-0.2, 0) is 9.59 Å². The highest BCUT2D eigenvalue weighted by atomic mass is 16.5. The molecule has 0 bridgehead atoms. The highest BCUT2D eigenvalue weighted by Gasteiger charge is 2.34. The van der Waals surface area contributed by atoms with Gasteiger partial charge in [-0.05, 0) is 32.2 Å². The number of amides is 2. The van der Waals surface area contributed by atoms with E-state index in [1.807, 2.05) is 0 Å². The van der Waals surface area contributed by atoms with Crippen LogP contribution in [0.25, 0.3) is 0 Å². The monoisotopic (exact) mass is 294 g/mol. The van der Waals surface area contributed by atoms with E-state index in [2.05, 4.69) is 10.5 Å². The van der Waals surface area contributed by atoms with Crippen LogP contribution in [0.15, 0.2) is 10.6 Å². The fourth-order valence-electron chi connectivity index (χ4n) is 2.83. The summed E-state index contributed by atoms with van der Waals surface area (Å²) in [7, 11) is 1.64. The standard InChI is InChI=1S/C14H22N4O3/c1-9-6-12(17-21-9)16-13(19)8-18(2)14(20)11-5-3-4-10(11)7-15/h6,10-11H,3-5,7-8,15H2,1-2H3,(H,16,17,19). The van der Waals surface area contributed by atoms with Crippen LogP contribution in [-0.4, -0.2) is 42.0 Å². The van der Waals surface area contributed by atoms with Gasteiger partial charge in [-0.25, -0.2) is 0 Å². The number of hydrogen-bond donors (Lipinski definition) is 2. The van der Waals surface area contributed by atoms with Gasteiger partial charge in [0.05, 0.1) is 6.54 Å². The van der Waals surface area contributed by atoms with E-state index >= 15 is 0 Å². The first-order valence-electron chi connectivity index (χ1n) is 7.19. The summed E-state index contributed by atoms with van der Waals surface area (Å²) in [6.07, 6.45) is 2.87. The molecule has 21 heavy (non-hydrogen) atoms. The molecule has 0 radical (unpaired) electrons. The quantitative estimate of drug-likeness (QED) is 0.834. The number of rotatable bonds is 5. The molecule has 7 nitrogen and oxygen atoms in total. The van der Waals surface area contributed by atoms with Crippen molar-refractivity contribution in [1.82, 2.24) is 10.1 Å². The SMILES string of the molecule is Cc1cc(NC(=O)CN(C)C(=O)C2CCCC2CN)no1. The van der Waals surface area contributed by atoms with Gasteiger partial charge in [0, 0.05) is 19.0 Å². The van der Waals surface area contributed by atoms with Crippen molar-refractivity contribution in [3.8, 4) is 0 Å². The normalized spacial score (nSPS) is 21.3. The number of anilines is 1. The zero-order chi connectivity index (χ0) is 15.4. The second-order valence-electron chi connectivity index (χ2n) is 5.60. The molecule has 1 saturated carbocycles. The van der Waals surface area contributed by atoms with E-state index in [9.17, 15) is 9.59 Å². The van der Waals surface area contributed by atoms with Crippen LogP contribution in [0.5, 0.6) is 0 Å². The number of aryl methyl sites for hydroxylation is 1. The molecule has 7 heteroatoms. The Morgan fingerprint density at radius 2 is 2.29 bits per heavy atom. The Morgan fingerprint density at radius 3 is 2.90 bits per heavy atom. The van der Waals surface area contributed by atoms with Crippen molar-refractivity contribution < 1.29 is 14.1 Å². The summed E-state index contributed by atoms with van der Waals surface area (Å²) in [6.45, 7) is 2.26. The van der Waals surface area contributed by atoms with Crippen molar-refractivity contribution in [3.05, 3.63) is 11.8 Å². The average Bonchev–Trinajstić information content (AvgIpc) is 3.06. The summed E-state index contributed by atoms with van der Waals surface area (Å²) in [5, 5.41) is 6.29. The van der Waals surface area contributed by atoms with E-state index in [4.69, 9.17) is 10.3 Å². The topological polar surface area (TPSA) is 101 Å². The van der Waals surface area contributed by atoms with Crippen molar-refractivity contribution in [2.24, 2.45) is 17.6 Å². The zero-order valence-corrected chi connectivity index (χ0v) is 12.5.